The Balaban J connectivity index is 1.42. The Bertz CT molecular complexity index is 1390. The Morgan fingerprint density at radius 3 is 2.78 bits per heavy atom. The van der Waals surface area contributed by atoms with Gasteiger partial charge in [0, 0.05) is 28.3 Å². The topological polar surface area (TPSA) is 78.9 Å². The maximum absolute atomic E-state index is 12.9. The second kappa shape index (κ2) is 12.1. The van der Waals surface area contributed by atoms with Crippen molar-refractivity contribution < 1.29 is 9.21 Å². The van der Waals surface area contributed by atoms with Crippen molar-refractivity contribution in [1.29, 1.82) is 5.26 Å². The van der Waals surface area contributed by atoms with Gasteiger partial charge in [-0.1, -0.05) is 43.7 Å². The first-order valence-corrected chi connectivity index (χ1v) is 13.2. The molecule has 4 rings (SSSR count). The van der Waals surface area contributed by atoms with Crippen molar-refractivity contribution in [2.24, 2.45) is 5.92 Å². The van der Waals surface area contributed by atoms with Crippen LogP contribution < -0.4 is 5.32 Å². The summed E-state index contributed by atoms with van der Waals surface area (Å²) in [4.78, 5) is 17.5. The standard InChI is InChI=1S/C31H32ClN3O2/c1-20(2)27-16-23(18-33)17-28-29(27)37-31(35-28)25-13-11-24(12-14-25)30(36)34-19-22-7-5-4-6-8-26(32)15-21(3)9-10-22/h6,8,11-17,20,22H,3-5,7,9-10,19H2,1-2H3,(H,34,36)/b8-6-,26-15+. The molecule has 1 N–H and O–H groups in total. The number of aromatic nitrogens is 1. The fraction of sp³-hybridized carbons (Fsp3) is 0.323. The van der Waals surface area contributed by atoms with Crippen molar-refractivity contribution in [2.45, 2.75) is 51.9 Å². The van der Waals surface area contributed by atoms with E-state index in [4.69, 9.17) is 16.0 Å². The lowest BCUT2D eigenvalue weighted by Crippen LogP contribution is -2.29. The zero-order valence-corrected chi connectivity index (χ0v) is 22.1. The fourth-order valence-corrected chi connectivity index (χ4v) is 4.80. The number of hydrogen-bond acceptors (Lipinski definition) is 4. The molecule has 3 aromatic rings. The summed E-state index contributed by atoms with van der Waals surface area (Å²) in [7, 11) is 0. The second-order valence-electron chi connectivity index (χ2n) is 9.91. The van der Waals surface area contributed by atoms with Gasteiger partial charge in [0.2, 0.25) is 5.89 Å². The zero-order valence-electron chi connectivity index (χ0n) is 21.4. The Morgan fingerprint density at radius 2 is 2.05 bits per heavy atom. The third-order valence-electron chi connectivity index (χ3n) is 6.69. The maximum atomic E-state index is 12.9. The molecular weight excluding hydrogens is 482 g/mol. The second-order valence-corrected chi connectivity index (χ2v) is 10.3. The van der Waals surface area contributed by atoms with Gasteiger partial charge in [-0.3, -0.25) is 4.79 Å². The molecular formula is C31H32ClN3O2. The number of carbonyl (C=O) groups excluding carboxylic acids is 1. The number of rotatable bonds is 5. The van der Waals surface area contributed by atoms with E-state index in [2.05, 4.69) is 42.9 Å². The lowest BCUT2D eigenvalue weighted by atomic mass is 9.94. The molecule has 1 unspecified atom stereocenters. The summed E-state index contributed by atoms with van der Waals surface area (Å²) in [5, 5.41) is 13.2. The molecule has 0 aliphatic heterocycles. The lowest BCUT2D eigenvalue weighted by molar-refractivity contribution is 0.0945. The number of nitrogens with one attached hydrogen (secondary N) is 1. The quantitative estimate of drug-likeness (QED) is 0.374. The molecule has 0 fully saturated rings. The lowest BCUT2D eigenvalue weighted by Gasteiger charge is -2.17. The number of oxazole rings is 1. The average Bonchev–Trinajstić information content (AvgIpc) is 3.31. The number of halogens is 1. The van der Waals surface area contributed by atoms with Crippen molar-refractivity contribution >= 4 is 28.6 Å². The van der Waals surface area contributed by atoms with E-state index in [-0.39, 0.29) is 11.8 Å². The third-order valence-corrected chi connectivity index (χ3v) is 6.93. The van der Waals surface area contributed by atoms with Crippen molar-refractivity contribution in [1.82, 2.24) is 10.3 Å². The molecule has 0 radical (unpaired) electrons. The summed E-state index contributed by atoms with van der Waals surface area (Å²) in [6.45, 7) is 8.85. The molecule has 1 amide bonds. The van der Waals surface area contributed by atoms with E-state index in [1.54, 1.807) is 18.2 Å². The van der Waals surface area contributed by atoms with Gasteiger partial charge < -0.3 is 9.73 Å². The number of hydrogen-bond donors (Lipinski definition) is 1. The number of fused-ring (bicyclic) bond motifs is 1. The molecule has 1 atom stereocenters. The number of nitrogens with zero attached hydrogens (tertiary/aromatic N) is 2. The van der Waals surface area contributed by atoms with E-state index in [1.807, 2.05) is 30.4 Å². The fourth-order valence-electron chi connectivity index (χ4n) is 4.55. The van der Waals surface area contributed by atoms with Crippen LogP contribution in [0.4, 0.5) is 0 Å². The largest absolute Gasteiger partial charge is 0.436 e. The first kappa shape index (κ1) is 26.4. The van der Waals surface area contributed by atoms with Crippen LogP contribution in [0.25, 0.3) is 22.6 Å². The minimum atomic E-state index is -0.0964. The number of allylic oxidation sites excluding steroid dienone is 5. The maximum Gasteiger partial charge on any atom is 0.251 e. The van der Waals surface area contributed by atoms with E-state index in [9.17, 15) is 10.1 Å². The van der Waals surface area contributed by atoms with E-state index in [0.717, 1.165) is 48.8 Å². The van der Waals surface area contributed by atoms with E-state index in [1.165, 1.54) is 0 Å². The monoisotopic (exact) mass is 513 g/mol. The van der Waals surface area contributed by atoms with Gasteiger partial charge in [-0.05, 0) is 92.5 Å². The third kappa shape index (κ3) is 6.78. The SMILES string of the molecule is C=C1/C=C(Cl)\C=C/CCCC(CNC(=O)c2ccc(-c3nc4cc(C#N)cc(C(C)C)c4o3)cc2)CC1. The summed E-state index contributed by atoms with van der Waals surface area (Å²) < 4.78 is 6.09. The van der Waals surface area contributed by atoms with Gasteiger partial charge in [0.25, 0.3) is 5.91 Å². The summed E-state index contributed by atoms with van der Waals surface area (Å²) in [6.07, 6.45) is 10.8. The van der Waals surface area contributed by atoms with E-state index < -0.39 is 0 Å². The predicted octanol–water partition coefficient (Wildman–Crippen LogP) is 8.04. The van der Waals surface area contributed by atoms with Gasteiger partial charge in [-0.15, -0.1) is 0 Å². The van der Waals surface area contributed by atoms with E-state index >= 15 is 0 Å². The number of amides is 1. The summed E-state index contributed by atoms with van der Waals surface area (Å²) in [5.74, 6) is 0.954. The van der Waals surface area contributed by atoms with Gasteiger partial charge in [-0.2, -0.15) is 5.26 Å². The number of carbonyl (C=O) groups is 1. The van der Waals surface area contributed by atoms with Crippen molar-refractivity contribution in [3.05, 3.63) is 88.5 Å². The van der Waals surface area contributed by atoms with Crippen molar-refractivity contribution in [3.8, 4) is 17.5 Å². The molecule has 6 heteroatoms. The van der Waals surface area contributed by atoms with Gasteiger partial charge in [0.05, 0.1) is 11.6 Å². The van der Waals surface area contributed by atoms with Crippen LogP contribution in [0.15, 0.2) is 76.2 Å². The highest BCUT2D eigenvalue weighted by molar-refractivity contribution is 6.31. The molecule has 0 saturated carbocycles. The molecule has 1 aliphatic rings. The molecule has 1 aliphatic carbocycles. The minimum Gasteiger partial charge on any atom is -0.436 e. The van der Waals surface area contributed by atoms with Crippen LogP contribution in [0.3, 0.4) is 0 Å². The molecule has 2 aromatic carbocycles. The van der Waals surface area contributed by atoms with Crippen molar-refractivity contribution in [3.63, 3.8) is 0 Å². The van der Waals surface area contributed by atoms with Crippen molar-refractivity contribution in [2.75, 3.05) is 6.54 Å². The predicted molar refractivity (Wildman–Crippen MR) is 149 cm³/mol. The highest BCUT2D eigenvalue weighted by Crippen LogP contribution is 2.31. The Morgan fingerprint density at radius 1 is 1.27 bits per heavy atom. The molecule has 5 nitrogen and oxygen atoms in total. The Kier molecular flexibility index (Phi) is 8.63. The van der Waals surface area contributed by atoms with Gasteiger partial charge in [0.15, 0.2) is 5.58 Å². The van der Waals surface area contributed by atoms with Crippen LogP contribution in [0, 0.1) is 17.2 Å². The highest BCUT2D eigenvalue weighted by Gasteiger charge is 2.17. The smallest absolute Gasteiger partial charge is 0.251 e. The van der Waals surface area contributed by atoms with Gasteiger partial charge in [-0.25, -0.2) is 4.98 Å². The molecule has 0 bridgehead atoms. The molecule has 1 aromatic heterocycles. The average molecular weight is 514 g/mol. The first-order valence-electron chi connectivity index (χ1n) is 12.8. The summed E-state index contributed by atoms with van der Waals surface area (Å²) >= 11 is 6.21. The van der Waals surface area contributed by atoms with Crippen LogP contribution in [-0.4, -0.2) is 17.4 Å². The first-order chi connectivity index (χ1) is 17.8. The van der Waals surface area contributed by atoms with Crippen LogP contribution in [0.2, 0.25) is 0 Å². The Hall–Kier alpha value is -3.62. The van der Waals surface area contributed by atoms with Crippen LogP contribution in [0.1, 0.15) is 73.4 Å². The number of benzene rings is 2. The Labute approximate surface area is 223 Å². The number of nitriles is 1. The molecule has 0 spiro atoms. The van der Waals surface area contributed by atoms with Crippen LogP contribution in [-0.2, 0) is 0 Å². The highest BCUT2D eigenvalue weighted by atomic mass is 35.5. The molecule has 1 heterocycles. The molecule has 190 valence electrons. The molecule has 37 heavy (non-hydrogen) atoms. The van der Waals surface area contributed by atoms with Gasteiger partial charge >= 0.3 is 0 Å². The van der Waals surface area contributed by atoms with Crippen LogP contribution >= 0.6 is 11.6 Å². The normalized spacial score (nSPS) is 19.1. The zero-order chi connectivity index (χ0) is 26.4. The minimum absolute atomic E-state index is 0.0964. The van der Waals surface area contributed by atoms with E-state index in [0.29, 0.717) is 45.6 Å². The summed E-state index contributed by atoms with van der Waals surface area (Å²) in [6, 6.07) is 13.1. The summed E-state index contributed by atoms with van der Waals surface area (Å²) in [5.41, 5.74) is 5.26. The van der Waals surface area contributed by atoms with Gasteiger partial charge in [0.1, 0.15) is 5.52 Å². The molecule has 0 saturated heterocycles. The van der Waals surface area contributed by atoms with Crippen LogP contribution in [0.5, 0.6) is 0 Å².